The molecule has 0 aliphatic carbocycles. The molecule has 0 aliphatic heterocycles. The van der Waals surface area contributed by atoms with Gasteiger partial charge >= 0.3 is 0 Å². The Kier molecular flexibility index (Phi) is 5.39. The summed E-state index contributed by atoms with van der Waals surface area (Å²) in [7, 11) is 0. The van der Waals surface area contributed by atoms with Crippen LogP contribution in [0.25, 0.3) is 10.6 Å². The zero-order valence-electron chi connectivity index (χ0n) is 13.7. The van der Waals surface area contributed by atoms with E-state index in [4.69, 9.17) is 10.4 Å². The van der Waals surface area contributed by atoms with Crippen LogP contribution in [0.2, 0.25) is 0 Å². The molecule has 0 saturated carbocycles. The summed E-state index contributed by atoms with van der Waals surface area (Å²) < 4.78 is 1.88. The highest BCUT2D eigenvalue weighted by atomic mass is 32.1. The van der Waals surface area contributed by atoms with Gasteiger partial charge in [-0.25, -0.2) is 4.68 Å². The number of hydrogen-bond donors (Lipinski definition) is 0. The lowest BCUT2D eigenvalue weighted by atomic mass is 10.1. The third-order valence-corrected chi connectivity index (χ3v) is 5.24. The van der Waals surface area contributed by atoms with Gasteiger partial charge in [0.05, 0.1) is 34.5 Å². The number of nitrogens with zero attached hydrogens (tertiary/aromatic N) is 4. The molecule has 2 heterocycles. The second-order valence-electron chi connectivity index (χ2n) is 5.20. The minimum absolute atomic E-state index is 0.551. The fourth-order valence-corrected chi connectivity index (χ4v) is 3.87. The normalized spacial score (nSPS) is 12.2. The Morgan fingerprint density at radius 2 is 2.08 bits per heavy atom. The van der Waals surface area contributed by atoms with Crippen LogP contribution in [0.5, 0.6) is 0 Å². The maximum atomic E-state index is 8.93. The SMILES string of the molecule is C=CCN=c1scc(-c2cccs2)n1N=C(C)c1ccc(C#N)cc1. The lowest BCUT2D eigenvalue weighted by Crippen LogP contribution is -2.14. The van der Waals surface area contributed by atoms with Gasteiger partial charge in [0.1, 0.15) is 0 Å². The molecule has 0 N–H and O–H groups in total. The summed E-state index contributed by atoms with van der Waals surface area (Å²) in [6.45, 7) is 6.24. The smallest absolute Gasteiger partial charge is 0.206 e. The number of aromatic nitrogens is 1. The van der Waals surface area contributed by atoms with Crippen LogP contribution in [0.4, 0.5) is 0 Å². The van der Waals surface area contributed by atoms with Crippen LogP contribution in [0.15, 0.2) is 69.9 Å². The van der Waals surface area contributed by atoms with E-state index in [-0.39, 0.29) is 0 Å². The Morgan fingerprint density at radius 1 is 1.28 bits per heavy atom. The molecule has 0 aliphatic rings. The van der Waals surface area contributed by atoms with Gasteiger partial charge in [0.15, 0.2) is 0 Å². The molecular formula is C19H16N4S2. The van der Waals surface area contributed by atoms with E-state index in [9.17, 15) is 0 Å². The first-order valence-corrected chi connectivity index (χ1v) is 9.41. The third kappa shape index (κ3) is 3.85. The molecule has 25 heavy (non-hydrogen) atoms. The summed E-state index contributed by atoms with van der Waals surface area (Å²) in [6, 6.07) is 13.7. The van der Waals surface area contributed by atoms with E-state index in [1.165, 1.54) is 0 Å². The highest BCUT2D eigenvalue weighted by Gasteiger charge is 2.09. The molecule has 0 amide bonds. The van der Waals surface area contributed by atoms with E-state index in [2.05, 4.69) is 34.5 Å². The second kappa shape index (κ2) is 7.88. The Balaban J connectivity index is 2.09. The van der Waals surface area contributed by atoms with E-state index in [1.54, 1.807) is 40.9 Å². The highest BCUT2D eigenvalue weighted by Crippen LogP contribution is 2.25. The van der Waals surface area contributed by atoms with Crippen molar-refractivity contribution in [2.75, 3.05) is 6.54 Å². The molecule has 0 saturated heterocycles. The molecule has 0 unspecified atom stereocenters. The molecule has 6 heteroatoms. The van der Waals surface area contributed by atoms with E-state index in [1.807, 2.05) is 29.8 Å². The van der Waals surface area contributed by atoms with Crippen molar-refractivity contribution in [3.05, 3.63) is 75.7 Å². The fourth-order valence-electron chi connectivity index (χ4n) is 2.24. The van der Waals surface area contributed by atoms with Crippen LogP contribution in [-0.4, -0.2) is 16.9 Å². The van der Waals surface area contributed by atoms with Crippen LogP contribution in [0.3, 0.4) is 0 Å². The van der Waals surface area contributed by atoms with E-state index < -0.39 is 0 Å². The summed E-state index contributed by atoms with van der Waals surface area (Å²) >= 11 is 3.24. The molecule has 0 spiro atoms. The quantitative estimate of drug-likeness (QED) is 0.485. The summed E-state index contributed by atoms with van der Waals surface area (Å²) in [4.78, 5) is 6.52. The number of thiophene rings is 1. The minimum atomic E-state index is 0.551. The molecule has 124 valence electrons. The van der Waals surface area contributed by atoms with Crippen LogP contribution in [0, 0.1) is 11.3 Å². The van der Waals surface area contributed by atoms with Crippen molar-refractivity contribution in [2.24, 2.45) is 10.1 Å². The van der Waals surface area contributed by atoms with Crippen molar-refractivity contribution in [3.63, 3.8) is 0 Å². The zero-order chi connectivity index (χ0) is 17.6. The van der Waals surface area contributed by atoms with Gasteiger partial charge in [-0.1, -0.05) is 24.3 Å². The Labute approximate surface area is 154 Å². The third-order valence-electron chi connectivity index (χ3n) is 3.50. The number of thiazole rings is 1. The van der Waals surface area contributed by atoms with Crippen LogP contribution < -0.4 is 4.80 Å². The van der Waals surface area contributed by atoms with Crippen molar-refractivity contribution in [1.29, 1.82) is 5.26 Å². The summed E-state index contributed by atoms with van der Waals surface area (Å²) in [5.74, 6) is 0. The number of hydrogen-bond acceptors (Lipinski definition) is 5. The average Bonchev–Trinajstić information content (AvgIpc) is 3.30. The molecule has 0 atom stereocenters. The molecule has 4 nitrogen and oxygen atoms in total. The van der Waals surface area contributed by atoms with Crippen LogP contribution in [-0.2, 0) is 0 Å². The predicted molar refractivity (Wildman–Crippen MR) is 105 cm³/mol. The molecule has 2 aromatic heterocycles. The molecule has 0 fully saturated rings. The lowest BCUT2D eigenvalue weighted by Gasteiger charge is -2.05. The van der Waals surface area contributed by atoms with Crippen molar-refractivity contribution < 1.29 is 0 Å². The highest BCUT2D eigenvalue weighted by molar-refractivity contribution is 7.14. The molecule has 0 bridgehead atoms. The van der Waals surface area contributed by atoms with Gasteiger partial charge in [0.2, 0.25) is 4.80 Å². The van der Waals surface area contributed by atoms with Crippen molar-refractivity contribution >= 4 is 28.4 Å². The van der Waals surface area contributed by atoms with Gasteiger partial charge in [-0.3, -0.25) is 4.99 Å². The van der Waals surface area contributed by atoms with Crippen LogP contribution in [0.1, 0.15) is 18.1 Å². The van der Waals surface area contributed by atoms with Gasteiger partial charge < -0.3 is 0 Å². The van der Waals surface area contributed by atoms with E-state index in [0.29, 0.717) is 12.1 Å². The molecular weight excluding hydrogens is 348 g/mol. The number of benzene rings is 1. The van der Waals surface area contributed by atoms with Crippen molar-refractivity contribution in [3.8, 4) is 16.6 Å². The Morgan fingerprint density at radius 3 is 2.72 bits per heavy atom. The maximum absolute atomic E-state index is 8.93. The number of nitriles is 1. The van der Waals surface area contributed by atoms with Crippen LogP contribution >= 0.6 is 22.7 Å². The lowest BCUT2D eigenvalue weighted by molar-refractivity contribution is 0.836. The minimum Gasteiger partial charge on any atom is -0.253 e. The first kappa shape index (κ1) is 17.1. The van der Waals surface area contributed by atoms with Gasteiger partial charge in [-0.05, 0) is 36.1 Å². The Hall–Kier alpha value is -2.75. The zero-order valence-corrected chi connectivity index (χ0v) is 15.3. The first-order chi connectivity index (χ1) is 12.2. The van der Waals surface area contributed by atoms with Crippen molar-refractivity contribution in [2.45, 2.75) is 6.92 Å². The first-order valence-electron chi connectivity index (χ1n) is 7.65. The monoisotopic (exact) mass is 364 g/mol. The predicted octanol–water partition coefficient (Wildman–Crippen LogP) is 4.51. The summed E-state index contributed by atoms with van der Waals surface area (Å²) in [6.07, 6.45) is 1.77. The van der Waals surface area contributed by atoms with Crippen molar-refractivity contribution in [1.82, 2.24) is 4.68 Å². The van der Waals surface area contributed by atoms with Gasteiger partial charge in [-0.2, -0.15) is 10.4 Å². The topological polar surface area (TPSA) is 53.4 Å². The van der Waals surface area contributed by atoms with Gasteiger partial charge in [0.25, 0.3) is 0 Å². The largest absolute Gasteiger partial charge is 0.253 e. The molecule has 3 rings (SSSR count). The average molecular weight is 364 g/mol. The molecule has 1 aromatic carbocycles. The fraction of sp³-hybridized carbons (Fsp3) is 0.105. The van der Waals surface area contributed by atoms with E-state index in [0.717, 1.165) is 26.6 Å². The van der Waals surface area contributed by atoms with Gasteiger partial charge in [-0.15, -0.1) is 29.3 Å². The molecule has 0 radical (unpaired) electrons. The summed E-state index contributed by atoms with van der Waals surface area (Å²) in [5, 5.41) is 17.8. The summed E-state index contributed by atoms with van der Waals surface area (Å²) in [5.41, 5.74) is 3.50. The second-order valence-corrected chi connectivity index (χ2v) is 6.98. The number of rotatable bonds is 5. The van der Waals surface area contributed by atoms with E-state index >= 15 is 0 Å². The Bertz CT molecular complexity index is 997. The maximum Gasteiger partial charge on any atom is 0.206 e. The molecule has 3 aromatic rings. The standard InChI is InChI=1S/C19H16N4S2/c1-3-10-21-19-23(17(13-25-19)18-5-4-11-24-18)22-14(2)16-8-6-15(12-20)7-9-16/h3-9,11,13H,1,10H2,2H3. The van der Waals surface area contributed by atoms with Gasteiger partial charge in [0, 0.05) is 5.38 Å².